The number of nitrogens with one attached hydrogen (secondary N) is 1. The minimum Gasteiger partial charge on any atom is -0.490 e. The lowest BCUT2D eigenvalue weighted by atomic mass is 9.98. The molecule has 1 aliphatic heterocycles. The maximum Gasteiger partial charge on any atom is 0.410 e. The highest BCUT2D eigenvalue weighted by Gasteiger charge is 2.27. The fourth-order valence-electron chi connectivity index (χ4n) is 3.10. The Bertz CT molecular complexity index is 887. The molecule has 9 nitrogen and oxygen atoms in total. The average molecular weight is 467 g/mol. The van der Waals surface area contributed by atoms with E-state index in [0.717, 1.165) is 32.1 Å². The number of likely N-dealkylation sites (tertiary alicyclic amines) is 1. The van der Waals surface area contributed by atoms with Gasteiger partial charge in [-0.05, 0) is 51.7 Å². The van der Waals surface area contributed by atoms with Crippen molar-refractivity contribution in [1.82, 2.24) is 4.90 Å². The van der Waals surface area contributed by atoms with Crippen LogP contribution in [0.2, 0.25) is 0 Å². The molecule has 1 fully saturated rings. The molecule has 0 saturated carbocycles. The third-order valence-electron chi connectivity index (χ3n) is 4.82. The molecule has 1 N–H and O–H groups in total. The van der Waals surface area contributed by atoms with Crippen LogP contribution in [-0.4, -0.2) is 62.4 Å². The summed E-state index contributed by atoms with van der Waals surface area (Å²) < 4.78 is 34.7. The maximum atomic E-state index is 14.5. The molecule has 2 rings (SSSR count). The number of piperidine rings is 1. The number of benzene rings is 1. The number of esters is 2. The predicted molar refractivity (Wildman–Crippen MR) is 118 cm³/mol. The number of rotatable bonds is 7. The maximum absolute atomic E-state index is 14.5. The minimum atomic E-state index is -0.807. The molecule has 0 bridgehead atoms. The Kier molecular flexibility index (Phi) is 9.07. The third-order valence-corrected chi connectivity index (χ3v) is 4.82. The topological polar surface area (TPSA) is 103 Å². The van der Waals surface area contributed by atoms with Gasteiger partial charge in [-0.15, -0.1) is 0 Å². The number of methoxy groups -OCH3 is 2. The lowest BCUT2D eigenvalue weighted by Gasteiger charge is -2.33. The number of halogens is 1. The van der Waals surface area contributed by atoms with Crippen molar-refractivity contribution in [3.8, 4) is 5.75 Å². The molecule has 1 aliphatic rings. The van der Waals surface area contributed by atoms with Crippen molar-refractivity contribution in [3.63, 3.8) is 0 Å². The molecule has 0 atom stereocenters. The zero-order valence-electron chi connectivity index (χ0n) is 19.6. The molecular formula is C23H31FN2O7. The Hall–Kier alpha value is -3.30. The first kappa shape index (κ1) is 26.0. The highest BCUT2D eigenvalue weighted by Crippen LogP contribution is 2.25. The van der Waals surface area contributed by atoms with Gasteiger partial charge in [-0.25, -0.2) is 18.8 Å². The highest BCUT2D eigenvalue weighted by atomic mass is 19.1. The SMILES string of the molecule is COC(=O)/C=C(/Nc1ccc(OCC2CCN(C(=O)OC(C)(C)C)CC2)c(F)c1)C(=O)OC. The molecule has 1 aromatic rings. The summed E-state index contributed by atoms with van der Waals surface area (Å²) in [5, 5.41) is 2.64. The second kappa shape index (κ2) is 11.5. The molecule has 0 spiro atoms. The fourth-order valence-corrected chi connectivity index (χ4v) is 3.10. The summed E-state index contributed by atoms with van der Waals surface area (Å²) >= 11 is 0. The van der Waals surface area contributed by atoms with E-state index in [9.17, 15) is 18.8 Å². The summed E-state index contributed by atoms with van der Waals surface area (Å²) in [7, 11) is 2.32. The van der Waals surface area contributed by atoms with Crippen molar-refractivity contribution in [3.05, 3.63) is 35.8 Å². The first-order valence-electron chi connectivity index (χ1n) is 10.6. The molecule has 0 radical (unpaired) electrons. The van der Waals surface area contributed by atoms with Crippen LogP contribution >= 0.6 is 0 Å². The van der Waals surface area contributed by atoms with Crippen molar-refractivity contribution in [1.29, 1.82) is 0 Å². The number of nitrogens with zero attached hydrogens (tertiary/aromatic N) is 1. The van der Waals surface area contributed by atoms with E-state index in [0.29, 0.717) is 19.7 Å². The number of hydrogen-bond acceptors (Lipinski definition) is 8. The zero-order chi connectivity index (χ0) is 24.6. The van der Waals surface area contributed by atoms with Gasteiger partial charge in [0.2, 0.25) is 0 Å². The number of carbonyl (C=O) groups is 3. The largest absolute Gasteiger partial charge is 0.490 e. The monoisotopic (exact) mass is 466 g/mol. The first-order chi connectivity index (χ1) is 15.5. The number of amides is 1. The summed E-state index contributed by atoms with van der Waals surface area (Å²) in [5.74, 6) is -1.96. The predicted octanol–water partition coefficient (Wildman–Crippen LogP) is 3.49. The molecule has 10 heteroatoms. The molecule has 1 aromatic carbocycles. The van der Waals surface area contributed by atoms with E-state index in [-0.39, 0.29) is 29.1 Å². The van der Waals surface area contributed by atoms with E-state index in [1.807, 2.05) is 20.8 Å². The molecule has 0 aromatic heterocycles. The molecule has 33 heavy (non-hydrogen) atoms. The Morgan fingerprint density at radius 3 is 2.36 bits per heavy atom. The molecule has 1 amide bonds. The van der Waals surface area contributed by atoms with Crippen LogP contribution in [0.4, 0.5) is 14.9 Å². The van der Waals surface area contributed by atoms with E-state index >= 15 is 0 Å². The number of carbonyl (C=O) groups excluding carboxylic acids is 3. The number of ether oxygens (including phenoxy) is 4. The lowest BCUT2D eigenvalue weighted by Crippen LogP contribution is -2.42. The summed E-state index contributed by atoms with van der Waals surface area (Å²) in [4.78, 5) is 37.1. The molecule has 1 heterocycles. The quantitative estimate of drug-likeness (QED) is 0.370. The van der Waals surface area contributed by atoms with Crippen LogP contribution < -0.4 is 10.1 Å². The van der Waals surface area contributed by atoms with Gasteiger partial charge < -0.3 is 29.2 Å². The van der Waals surface area contributed by atoms with Crippen molar-refractivity contribution in [2.75, 3.05) is 39.2 Å². The Morgan fingerprint density at radius 1 is 1.15 bits per heavy atom. The number of anilines is 1. The van der Waals surface area contributed by atoms with Crippen LogP contribution in [0.15, 0.2) is 30.0 Å². The Morgan fingerprint density at radius 2 is 1.82 bits per heavy atom. The molecular weight excluding hydrogens is 435 g/mol. The second-order valence-corrected chi connectivity index (χ2v) is 8.56. The highest BCUT2D eigenvalue weighted by molar-refractivity contribution is 5.98. The lowest BCUT2D eigenvalue weighted by molar-refractivity contribution is -0.138. The summed E-state index contributed by atoms with van der Waals surface area (Å²) in [6.45, 7) is 6.89. The second-order valence-electron chi connectivity index (χ2n) is 8.56. The summed E-state index contributed by atoms with van der Waals surface area (Å²) in [6, 6.07) is 4.09. The van der Waals surface area contributed by atoms with E-state index in [2.05, 4.69) is 14.8 Å². The van der Waals surface area contributed by atoms with Crippen LogP contribution in [0, 0.1) is 11.7 Å². The summed E-state index contributed by atoms with van der Waals surface area (Å²) in [5.41, 5.74) is -0.511. The molecule has 0 aliphatic carbocycles. The van der Waals surface area contributed by atoms with Gasteiger partial charge in [0.1, 0.15) is 11.3 Å². The minimum absolute atomic E-state index is 0.0617. The molecule has 182 valence electrons. The van der Waals surface area contributed by atoms with Gasteiger partial charge in [0.15, 0.2) is 11.6 Å². The van der Waals surface area contributed by atoms with Gasteiger partial charge in [-0.2, -0.15) is 0 Å². The normalized spacial score (nSPS) is 15.0. The smallest absolute Gasteiger partial charge is 0.410 e. The summed E-state index contributed by atoms with van der Waals surface area (Å²) in [6.07, 6.45) is 2.03. The van der Waals surface area contributed by atoms with E-state index in [1.54, 1.807) is 4.90 Å². The van der Waals surface area contributed by atoms with Gasteiger partial charge in [-0.3, -0.25) is 0 Å². The fraction of sp³-hybridized carbons (Fsp3) is 0.522. The Labute approximate surface area is 192 Å². The third kappa shape index (κ3) is 8.28. The number of hydrogen-bond donors (Lipinski definition) is 1. The van der Waals surface area contributed by atoms with Gasteiger partial charge in [0.05, 0.1) is 26.9 Å². The van der Waals surface area contributed by atoms with E-state index in [1.165, 1.54) is 19.2 Å². The van der Waals surface area contributed by atoms with Crippen LogP contribution in [0.5, 0.6) is 5.75 Å². The van der Waals surface area contributed by atoms with Gasteiger partial charge in [0.25, 0.3) is 0 Å². The zero-order valence-corrected chi connectivity index (χ0v) is 19.6. The van der Waals surface area contributed by atoms with Crippen molar-refractivity contribution < 1.29 is 37.7 Å². The average Bonchev–Trinajstić information content (AvgIpc) is 2.76. The van der Waals surface area contributed by atoms with Crippen LogP contribution in [0.3, 0.4) is 0 Å². The van der Waals surface area contributed by atoms with Crippen LogP contribution in [0.25, 0.3) is 0 Å². The van der Waals surface area contributed by atoms with Crippen molar-refractivity contribution >= 4 is 23.7 Å². The van der Waals surface area contributed by atoms with Crippen molar-refractivity contribution in [2.24, 2.45) is 5.92 Å². The van der Waals surface area contributed by atoms with E-state index in [4.69, 9.17) is 9.47 Å². The van der Waals surface area contributed by atoms with Crippen LogP contribution in [0.1, 0.15) is 33.6 Å². The first-order valence-corrected chi connectivity index (χ1v) is 10.6. The van der Waals surface area contributed by atoms with Crippen LogP contribution in [-0.2, 0) is 23.8 Å². The van der Waals surface area contributed by atoms with Gasteiger partial charge >= 0.3 is 18.0 Å². The standard InChI is InChI=1S/C23H31FN2O7/c1-23(2,3)33-22(29)26-10-8-15(9-11-26)14-32-19-7-6-16(12-17(19)24)25-18(21(28)31-5)13-20(27)30-4/h6-7,12-13,15,25H,8-11,14H2,1-5H3/b18-13+. The Balaban J connectivity index is 1.91. The van der Waals surface area contributed by atoms with E-state index < -0.39 is 23.4 Å². The van der Waals surface area contributed by atoms with Gasteiger partial charge in [0, 0.05) is 24.8 Å². The molecule has 0 unspecified atom stereocenters. The van der Waals surface area contributed by atoms with Gasteiger partial charge in [-0.1, -0.05) is 0 Å². The van der Waals surface area contributed by atoms with Crippen molar-refractivity contribution in [2.45, 2.75) is 39.2 Å². The molecule has 1 saturated heterocycles.